The number of aromatic nitrogens is 2. The first kappa shape index (κ1) is 11.1. The molecule has 2 aromatic rings. The fourth-order valence-electron chi connectivity index (χ4n) is 1.41. The largest absolute Gasteiger partial charge is 0.422 e. The van der Waals surface area contributed by atoms with Gasteiger partial charge in [0, 0.05) is 17.7 Å². The lowest BCUT2D eigenvalue weighted by atomic mass is 9.97. The molecule has 4 nitrogen and oxygen atoms in total. The summed E-state index contributed by atoms with van der Waals surface area (Å²) in [5.74, 6) is 0.705. The molecule has 0 saturated carbocycles. The Morgan fingerprint density at radius 1 is 1.38 bits per heavy atom. The van der Waals surface area contributed by atoms with Crippen LogP contribution in [0.1, 0.15) is 45.2 Å². The number of nitrogens with two attached hydrogens (primary N) is 1. The summed E-state index contributed by atoms with van der Waals surface area (Å²) >= 11 is 0. The molecule has 4 heteroatoms. The van der Waals surface area contributed by atoms with Gasteiger partial charge in [0.1, 0.15) is 5.52 Å². The molecule has 0 aromatic carbocycles. The summed E-state index contributed by atoms with van der Waals surface area (Å²) in [6.45, 7) is 8.10. The van der Waals surface area contributed by atoms with Gasteiger partial charge in [-0.05, 0) is 18.6 Å². The molecule has 2 heterocycles. The van der Waals surface area contributed by atoms with Crippen molar-refractivity contribution in [2.45, 2.75) is 39.2 Å². The summed E-state index contributed by atoms with van der Waals surface area (Å²) in [6.07, 6.45) is 1.74. The van der Waals surface area contributed by atoms with E-state index in [2.05, 4.69) is 30.7 Å². The Kier molecular flexibility index (Phi) is 2.46. The predicted octanol–water partition coefficient (Wildman–Crippen LogP) is 2.54. The third-order valence-electron chi connectivity index (χ3n) is 2.44. The van der Waals surface area contributed by atoms with E-state index < -0.39 is 0 Å². The molecule has 0 bridgehead atoms. The molecule has 0 amide bonds. The first-order valence-corrected chi connectivity index (χ1v) is 5.40. The Labute approximate surface area is 94.9 Å². The van der Waals surface area contributed by atoms with E-state index in [9.17, 15) is 0 Å². The number of rotatable bonds is 1. The van der Waals surface area contributed by atoms with Gasteiger partial charge < -0.3 is 10.2 Å². The summed E-state index contributed by atoms with van der Waals surface area (Å²) in [7, 11) is 0. The van der Waals surface area contributed by atoms with Crippen LogP contribution in [0.2, 0.25) is 0 Å². The number of nitrogens with zero attached hydrogens (tertiary/aromatic N) is 2. The van der Waals surface area contributed by atoms with E-state index in [4.69, 9.17) is 10.2 Å². The third-order valence-corrected chi connectivity index (χ3v) is 2.44. The maximum Gasteiger partial charge on any atom is 0.246 e. The fourth-order valence-corrected chi connectivity index (χ4v) is 1.41. The van der Waals surface area contributed by atoms with Crippen LogP contribution in [0.15, 0.2) is 16.7 Å². The zero-order valence-corrected chi connectivity index (χ0v) is 10.1. The van der Waals surface area contributed by atoms with Gasteiger partial charge in [-0.3, -0.25) is 0 Å². The van der Waals surface area contributed by atoms with Gasteiger partial charge in [-0.25, -0.2) is 9.97 Å². The highest BCUT2D eigenvalue weighted by atomic mass is 16.4. The standard InChI is InChI=1S/C12H17N3O/c1-7(13)8-5-9-10(14-6-8)16-11(15-9)12(2,3)4/h5-7H,13H2,1-4H3. The quantitative estimate of drug-likeness (QED) is 0.800. The third kappa shape index (κ3) is 1.93. The zero-order chi connectivity index (χ0) is 11.9. The van der Waals surface area contributed by atoms with E-state index in [0.717, 1.165) is 11.1 Å². The van der Waals surface area contributed by atoms with Gasteiger partial charge in [-0.1, -0.05) is 20.8 Å². The van der Waals surface area contributed by atoms with Crippen LogP contribution in [0.5, 0.6) is 0 Å². The van der Waals surface area contributed by atoms with Gasteiger partial charge in [0.25, 0.3) is 0 Å². The van der Waals surface area contributed by atoms with Gasteiger partial charge in [-0.2, -0.15) is 0 Å². The molecular weight excluding hydrogens is 202 g/mol. The monoisotopic (exact) mass is 219 g/mol. The van der Waals surface area contributed by atoms with Crippen LogP contribution in [0.3, 0.4) is 0 Å². The smallest absolute Gasteiger partial charge is 0.246 e. The van der Waals surface area contributed by atoms with Crippen LogP contribution in [-0.2, 0) is 5.41 Å². The Morgan fingerprint density at radius 2 is 2.06 bits per heavy atom. The highest BCUT2D eigenvalue weighted by Crippen LogP contribution is 2.25. The summed E-state index contributed by atoms with van der Waals surface area (Å²) < 4.78 is 5.60. The molecule has 0 saturated heterocycles. The molecule has 2 N–H and O–H groups in total. The summed E-state index contributed by atoms with van der Waals surface area (Å²) in [5.41, 5.74) is 8.03. The van der Waals surface area contributed by atoms with Crippen LogP contribution in [-0.4, -0.2) is 9.97 Å². The molecule has 2 aromatic heterocycles. The van der Waals surface area contributed by atoms with Crippen molar-refractivity contribution in [1.29, 1.82) is 0 Å². The van der Waals surface area contributed by atoms with Crippen LogP contribution in [0, 0.1) is 0 Å². The lowest BCUT2D eigenvalue weighted by Gasteiger charge is -2.11. The first-order valence-electron chi connectivity index (χ1n) is 5.40. The minimum Gasteiger partial charge on any atom is -0.422 e. The first-order chi connectivity index (χ1) is 7.38. The number of hydrogen-bond donors (Lipinski definition) is 1. The molecule has 1 unspecified atom stereocenters. The second-order valence-electron chi connectivity index (χ2n) is 5.15. The Bertz CT molecular complexity index is 508. The maximum absolute atomic E-state index is 5.80. The Hall–Kier alpha value is -1.42. The van der Waals surface area contributed by atoms with Crippen molar-refractivity contribution in [3.8, 4) is 0 Å². The minimum absolute atomic E-state index is 0.0355. The average Bonchev–Trinajstić information content (AvgIpc) is 2.58. The number of fused-ring (bicyclic) bond motifs is 1. The number of oxazole rings is 1. The summed E-state index contributed by atoms with van der Waals surface area (Å²) in [6, 6.07) is 1.90. The summed E-state index contributed by atoms with van der Waals surface area (Å²) in [4.78, 5) is 8.67. The number of pyridine rings is 1. The van der Waals surface area contributed by atoms with E-state index >= 15 is 0 Å². The van der Waals surface area contributed by atoms with Crippen molar-refractivity contribution in [1.82, 2.24) is 9.97 Å². The Balaban J connectivity index is 2.54. The van der Waals surface area contributed by atoms with Gasteiger partial charge in [-0.15, -0.1) is 0 Å². The van der Waals surface area contributed by atoms with Gasteiger partial charge in [0.2, 0.25) is 11.6 Å². The topological polar surface area (TPSA) is 64.9 Å². The molecule has 0 spiro atoms. The van der Waals surface area contributed by atoms with Crippen LogP contribution in [0.4, 0.5) is 0 Å². The minimum atomic E-state index is -0.102. The predicted molar refractivity (Wildman–Crippen MR) is 63.1 cm³/mol. The van der Waals surface area contributed by atoms with Gasteiger partial charge >= 0.3 is 0 Å². The molecule has 0 aliphatic heterocycles. The summed E-state index contributed by atoms with van der Waals surface area (Å²) in [5, 5.41) is 0. The second kappa shape index (κ2) is 3.56. The number of hydrogen-bond acceptors (Lipinski definition) is 4. The van der Waals surface area contributed by atoms with Crippen LogP contribution in [0.25, 0.3) is 11.2 Å². The van der Waals surface area contributed by atoms with E-state index in [1.807, 2.05) is 13.0 Å². The van der Waals surface area contributed by atoms with E-state index in [1.165, 1.54) is 0 Å². The van der Waals surface area contributed by atoms with Gasteiger partial charge in [0.15, 0.2) is 0 Å². The highest BCUT2D eigenvalue weighted by Gasteiger charge is 2.21. The van der Waals surface area contributed by atoms with Crippen molar-refractivity contribution in [3.63, 3.8) is 0 Å². The van der Waals surface area contributed by atoms with E-state index in [0.29, 0.717) is 11.6 Å². The van der Waals surface area contributed by atoms with E-state index in [-0.39, 0.29) is 11.5 Å². The molecule has 86 valence electrons. The molecule has 0 aliphatic rings. The normalized spacial score (nSPS) is 14.3. The zero-order valence-electron chi connectivity index (χ0n) is 10.1. The van der Waals surface area contributed by atoms with Gasteiger partial charge in [0.05, 0.1) is 0 Å². The fraction of sp³-hybridized carbons (Fsp3) is 0.500. The van der Waals surface area contributed by atoms with Crippen molar-refractivity contribution in [2.24, 2.45) is 5.73 Å². The van der Waals surface area contributed by atoms with E-state index in [1.54, 1.807) is 6.20 Å². The Morgan fingerprint density at radius 3 is 2.62 bits per heavy atom. The molecule has 16 heavy (non-hydrogen) atoms. The lowest BCUT2D eigenvalue weighted by Crippen LogP contribution is -2.11. The maximum atomic E-state index is 5.80. The van der Waals surface area contributed by atoms with Crippen molar-refractivity contribution >= 4 is 11.2 Å². The average molecular weight is 219 g/mol. The molecule has 0 fully saturated rings. The van der Waals surface area contributed by atoms with Crippen molar-refractivity contribution in [2.75, 3.05) is 0 Å². The second-order valence-corrected chi connectivity index (χ2v) is 5.15. The lowest BCUT2D eigenvalue weighted by molar-refractivity contribution is 0.407. The van der Waals surface area contributed by atoms with Crippen molar-refractivity contribution in [3.05, 3.63) is 23.7 Å². The van der Waals surface area contributed by atoms with Crippen molar-refractivity contribution < 1.29 is 4.42 Å². The molecular formula is C12H17N3O. The molecule has 0 aliphatic carbocycles. The molecule has 1 atom stereocenters. The SMILES string of the molecule is CC(N)c1cnc2oc(C(C)(C)C)nc2c1. The molecule has 2 rings (SSSR count). The van der Waals surface area contributed by atoms with Crippen LogP contribution < -0.4 is 5.73 Å². The highest BCUT2D eigenvalue weighted by molar-refractivity contribution is 5.68. The van der Waals surface area contributed by atoms with Crippen LogP contribution >= 0.6 is 0 Å². The molecule has 0 radical (unpaired) electrons.